The molecule has 0 spiro atoms. The summed E-state index contributed by atoms with van der Waals surface area (Å²) in [4.78, 5) is 16.8. The molecule has 0 rings (SSSR count). The fourth-order valence-corrected chi connectivity index (χ4v) is 1.07. The Morgan fingerprint density at radius 3 is 2.63 bits per heavy atom. The maximum Gasteiger partial charge on any atom is 0.251 e. The lowest BCUT2D eigenvalue weighted by Crippen LogP contribution is -2.22. The zero-order valence-corrected chi connectivity index (χ0v) is 11.5. The van der Waals surface area contributed by atoms with Crippen LogP contribution in [0.2, 0.25) is 0 Å². The molecule has 1 amide bonds. The monoisotopic (exact) mass is 260 g/mol. The highest BCUT2D eigenvalue weighted by Crippen LogP contribution is 2.01. The first-order chi connectivity index (χ1) is 9.15. The van der Waals surface area contributed by atoms with Crippen molar-refractivity contribution in [3.8, 4) is 0 Å². The molecule has 0 fully saturated rings. The van der Waals surface area contributed by atoms with Gasteiger partial charge in [0.1, 0.15) is 0 Å². The molecule has 4 nitrogen and oxygen atoms in total. The van der Waals surface area contributed by atoms with Crippen molar-refractivity contribution in [1.82, 2.24) is 4.90 Å². The summed E-state index contributed by atoms with van der Waals surface area (Å²) in [5, 5.41) is 0. The van der Waals surface area contributed by atoms with Crippen molar-refractivity contribution in [2.75, 3.05) is 20.8 Å². The fourth-order valence-electron chi connectivity index (χ4n) is 1.07. The Bertz CT molecular complexity index is 418. The van der Waals surface area contributed by atoms with Gasteiger partial charge in [-0.25, -0.2) is 4.99 Å². The number of ether oxygens (including phenoxy) is 1. The van der Waals surface area contributed by atoms with Gasteiger partial charge in [-0.05, 0) is 11.6 Å². The minimum Gasteiger partial charge on any atom is -0.381 e. The van der Waals surface area contributed by atoms with Crippen molar-refractivity contribution < 1.29 is 9.53 Å². The quantitative estimate of drug-likeness (QED) is 0.291. The summed E-state index contributed by atoms with van der Waals surface area (Å²) in [6.45, 7) is 7.58. The van der Waals surface area contributed by atoms with Crippen molar-refractivity contribution in [1.29, 1.82) is 0 Å². The van der Waals surface area contributed by atoms with Gasteiger partial charge in [0.05, 0.1) is 12.9 Å². The van der Waals surface area contributed by atoms with Crippen LogP contribution in [0.15, 0.2) is 66.4 Å². The summed E-state index contributed by atoms with van der Waals surface area (Å²) in [5.74, 6) is -0.180. The Labute approximate surface area is 114 Å². The average molecular weight is 260 g/mol. The second-order valence-electron chi connectivity index (χ2n) is 3.49. The first-order valence-corrected chi connectivity index (χ1v) is 5.73. The number of likely N-dealkylation sites (N-methyl/N-ethyl adjacent to an activating group) is 1. The predicted molar refractivity (Wildman–Crippen MR) is 79.9 cm³/mol. The van der Waals surface area contributed by atoms with E-state index in [1.165, 1.54) is 23.5 Å². The van der Waals surface area contributed by atoms with E-state index in [1.54, 1.807) is 32.4 Å². The van der Waals surface area contributed by atoms with Crippen LogP contribution in [0, 0.1) is 0 Å². The Kier molecular flexibility index (Phi) is 9.66. The number of rotatable bonds is 8. The minimum atomic E-state index is -0.180. The Hall–Kier alpha value is -2.20. The molecule has 0 unspecified atom stereocenters. The van der Waals surface area contributed by atoms with E-state index in [9.17, 15) is 4.79 Å². The molecule has 0 aliphatic rings. The standard InChI is InChI=1S/C15H20N2O2/c1-5-8-14(9-7-12-19-4)10-11-15(18)17(3)13-16-6-2/h5-11,13H,1-2,12H2,3-4H3/b9-7-,11-10+,14-8+,16-13?. The molecule has 0 aromatic heterocycles. The van der Waals surface area contributed by atoms with Crippen LogP contribution in [0.1, 0.15) is 0 Å². The molecule has 0 aromatic rings. The van der Waals surface area contributed by atoms with Crippen LogP contribution in [0.3, 0.4) is 0 Å². The van der Waals surface area contributed by atoms with E-state index < -0.39 is 0 Å². The molecule has 4 heteroatoms. The molecule has 102 valence electrons. The van der Waals surface area contributed by atoms with Crippen molar-refractivity contribution in [3.63, 3.8) is 0 Å². The minimum absolute atomic E-state index is 0.180. The number of allylic oxidation sites excluding steroid dienone is 5. The van der Waals surface area contributed by atoms with Gasteiger partial charge in [-0.1, -0.05) is 37.5 Å². The van der Waals surface area contributed by atoms with Crippen LogP contribution < -0.4 is 0 Å². The lowest BCUT2D eigenvalue weighted by atomic mass is 10.2. The van der Waals surface area contributed by atoms with E-state index >= 15 is 0 Å². The normalized spacial score (nSPS) is 12.4. The summed E-state index contributed by atoms with van der Waals surface area (Å²) in [6.07, 6.45) is 13.1. The van der Waals surface area contributed by atoms with Gasteiger partial charge in [0.25, 0.3) is 5.91 Å². The lowest BCUT2D eigenvalue weighted by Gasteiger charge is -2.06. The van der Waals surface area contributed by atoms with E-state index in [-0.39, 0.29) is 5.91 Å². The highest BCUT2D eigenvalue weighted by Gasteiger charge is 2.00. The molecule has 19 heavy (non-hydrogen) atoms. The summed E-state index contributed by atoms with van der Waals surface area (Å²) in [5.41, 5.74) is 0.856. The molecule has 0 aliphatic carbocycles. The van der Waals surface area contributed by atoms with Gasteiger partial charge in [0, 0.05) is 26.4 Å². The van der Waals surface area contributed by atoms with Crippen molar-refractivity contribution >= 4 is 12.2 Å². The first-order valence-electron chi connectivity index (χ1n) is 5.73. The van der Waals surface area contributed by atoms with Crippen LogP contribution in [0.4, 0.5) is 0 Å². The fraction of sp³-hybridized carbons (Fsp3) is 0.200. The number of hydrogen-bond acceptors (Lipinski definition) is 3. The molecule has 0 saturated heterocycles. The number of carbonyl (C=O) groups excluding carboxylic acids is 1. The van der Waals surface area contributed by atoms with E-state index in [0.717, 1.165) is 5.57 Å². The average Bonchev–Trinajstić information content (AvgIpc) is 2.41. The topological polar surface area (TPSA) is 41.9 Å². The number of methoxy groups -OCH3 is 1. The lowest BCUT2D eigenvalue weighted by molar-refractivity contribution is -0.121. The van der Waals surface area contributed by atoms with Crippen molar-refractivity contribution in [3.05, 3.63) is 61.4 Å². The highest BCUT2D eigenvalue weighted by atomic mass is 16.5. The maximum absolute atomic E-state index is 11.7. The third kappa shape index (κ3) is 8.51. The molecule has 0 aromatic carbocycles. The van der Waals surface area contributed by atoms with Crippen LogP contribution in [-0.2, 0) is 9.53 Å². The Morgan fingerprint density at radius 2 is 2.05 bits per heavy atom. The SMILES string of the molecule is C=C/C=C(\C=C/COC)/C=C/C(=O)N(C)C=NC=C. The largest absolute Gasteiger partial charge is 0.381 e. The summed E-state index contributed by atoms with van der Waals surface area (Å²) in [6, 6.07) is 0. The van der Waals surface area contributed by atoms with Gasteiger partial charge < -0.3 is 9.64 Å². The summed E-state index contributed by atoms with van der Waals surface area (Å²) < 4.78 is 4.91. The second kappa shape index (κ2) is 10.9. The Balaban J connectivity index is 4.66. The van der Waals surface area contributed by atoms with Gasteiger partial charge in [-0.15, -0.1) is 0 Å². The molecule has 0 radical (unpaired) electrons. The van der Waals surface area contributed by atoms with E-state index in [1.807, 2.05) is 12.2 Å². The van der Waals surface area contributed by atoms with Crippen molar-refractivity contribution in [2.45, 2.75) is 0 Å². The van der Waals surface area contributed by atoms with Gasteiger partial charge in [-0.2, -0.15) is 0 Å². The number of nitrogens with zero attached hydrogens (tertiary/aromatic N) is 2. The van der Waals surface area contributed by atoms with Crippen LogP contribution in [-0.4, -0.2) is 37.9 Å². The van der Waals surface area contributed by atoms with E-state index in [2.05, 4.69) is 18.2 Å². The molecule has 0 heterocycles. The number of amides is 1. The van der Waals surface area contributed by atoms with Crippen molar-refractivity contribution in [2.24, 2.45) is 4.99 Å². The van der Waals surface area contributed by atoms with Gasteiger partial charge >= 0.3 is 0 Å². The summed E-state index contributed by atoms with van der Waals surface area (Å²) >= 11 is 0. The van der Waals surface area contributed by atoms with Gasteiger partial charge in [0.2, 0.25) is 0 Å². The van der Waals surface area contributed by atoms with Gasteiger partial charge in [-0.3, -0.25) is 4.79 Å². The molecular formula is C15H20N2O2. The smallest absolute Gasteiger partial charge is 0.251 e. The molecule has 0 bridgehead atoms. The number of hydrogen-bond donors (Lipinski definition) is 0. The molecule has 0 N–H and O–H groups in total. The van der Waals surface area contributed by atoms with Crippen LogP contribution in [0.25, 0.3) is 0 Å². The number of aliphatic imine (C=N–C) groups is 1. The molecule has 0 atom stereocenters. The van der Waals surface area contributed by atoms with Crippen LogP contribution >= 0.6 is 0 Å². The number of carbonyl (C=O) groups is 1. The maximum atomic E-state index is 11.7. The van der Waals surface area contributed by atoms with E-state index in [0.29, 0.717) is 6.61 Å². The second-order valence-corrected chi connectivity index (χ2v) is 3.49. The zero-order chi connectivity index (χ0) is 14.5. The zero-order valence-electron chi connectivity index (χ0n) is 11.5. The first kappa shape index (κ1) is 16.8. The predicted octanol–water partition coefficient (Wildman–Crippen LogP) is 2.49. The highest BCUT2D eigenvalue weighted by molar-refractivity contribution is 5.95. The third-order valence-corrected chi connectivity index (χ3v) is 1.99. The molecule has 0 aliphatic heterocycles. The van der Waals surface area contributed by atoms with Crippen LogP contribution in [0.5, 0.6) is 0 Å². The third-order valence-electron chi connectivity index (χ3n) is 1.99. The molecule has 0 saturated carbocycles. The van der Waals surface area contributed by atoms with E-state index in [4.69, 9.17) is 4.74 Å². The Morgan fingerprint density at radius 1 is 1.32 bits per heavy atom. The van der Waals surface area contributed by atoms with Gasteiger partial charge in [0.15, 0.2) is 0 Å². The molecular weight excluding hydrogens is 240 g/mol. The summed E-state index contributed by atoms with van der Waals surface area (Å²) in [7, 11) is 3.24.